The molecule has 0 aliphatic carbocycles. The van der Waals surface area contributed by atoms with Gasteiger partial charge in [0, 0.05) is 27.3 Å². The van der Waals surface area contributed by atoms with Crippen LogP contribution in [0.15, 0.2) is 24.4 Å². The van der Waals surface area contributed by atoms with Gasteiger partial charge in [-0.25, -0.2) is 4.98 Å². The maximum atomic E-state index is 10.0. The standard InChI is InChI=1S/C21H21N3O3/c1-10-7-16(25)11(2)6-13(10)19-14-8-17(26-4)20(27-5)12(3)18(14)15-9-22-24-21(15)23-19/h6-9,25H,1-5H3,(H,22,23,24). The number of phenols is 1. The third kappa shape index (κ3) is 2.48. The van der Waals surface area contributed by atoms with Gasteiger partial charge in [0.25, 0.3) is 0 Å². The molecule has 6 heteroatoms. The third-order valence-corrected chi connectivity index (χ3v) is 5.07. The van der Waals surface area contributed by atoms with E-state index >= 15 is 0 Å². The van der Waals surface area contributed by atoms with E-state index in [0.29, 0.717) is 17.1 Å². The number of aromatic amines is 1. The maximum absolute atomic E-state index is 10.0. The van der Waals surface area contributed by atoms with Crippen molar-refractivity contribution in [2.45, 2.75) is 20.8 Å². The van der Waals surface area contributed by atoms with Crippen molar-refractivity contribution in [3.63, 3.8) is 0 Å². The summed E-state index contributed by atoms with van der Waals surface area (Å²) >= 11 is 0. The van der Waals surface area contributed by atoms with Crippen LogP contribution in [0.5, 0.6) is 17.2 Å². The van der Waals surface area contributed by atoms with Crippen LogP contribution in [-0.4, -0.2) is 34.5 Å². The molecular weight excluding hydrogens is 342 g/mol. The molecule has 2 aromatic heterocycles. The van der Waals surface area contributed by atoms with Crippen LogP contribution in [0, 0.1) is 20.8 Å². The SMILES string of the molecule is COc1cc2c(-c3cc(C)c(O)cc3C)nc3[nH]ncc3c2c(C)c1OC. The number of hydrogen-bond donors (Lipinski definition) is 2. The first-order valence-electron chi connectivity index (χ1n) is 8.65. The molecule has 0 saturated carbocycles. The van der Waals surface area contributed by atoms with Crippen molar-refractivity contribution >= 4 is 21.8 Å². The lowest BCUT2D eigenvalue weighted by molar-refractivity contribution is 0.354. The van der Waals surface area contributed by atoms with E-state index in [1.807, 2.05) is 32.9 Å². The van der Waals surface area contributed by atoms with Gasteiger partial charge in [-0.2, -0.15) is 5.10 Å². The molecule has 0 spiro atoms. The number of nitrogens with zero attached hydrogens (tertiary/aromatic N) is 2. The summed E-state index contributed by atoms with van der Waals surface area (Å²) in [5.41, 5.74) is 5.18. The summed E-state index contributed by atoms with van der Waals surface area (Å²) in [6.07, 6.45) is 1.78. The molecule has 0 aliphatic heterocycles. The van der Waals surface area contributed by atoms with E-state index in [1.165, 1.54) is 0 Å². The van der Waals surface area contributed by atoms with Gasteiger partial charge in [0.1, 0.15) is 5.75 Å². The Hall–Kier alpha value is -3.28. The van der Waals surface area contributed by atoms with E-state index in [1.54, 1.807) is 26.5 Å². The zero-order valence-corrected chi connectivity index (χ0v) is 16.0. The zero-order valence-electron chi connectivity index (χ0n) is 16.0. The number of aromatic nitrogens is 3. The summed E-state index contributed by atoms with van der Waals surface area (Å²) in [5.74, 6) is 1.63. The first-order valence-corrected chi connectivity index (χ1v) is 8.65. The van der Waals surface area contributed by atoms with Gasteiger partial charge >= 0.3 is 0 Å². The zero-order chi connectivity index (χ0) is 19.3. The summed E-state index contributed by atoms with van der Waals surface area (Å²) in [4.78, 5) is 4.84. The highest BCUT2D eigenvalue weighted by Gasteiger charge is 2.20. The fourth-order valence-corrected chi connectivity index (χ4v) is 3.69. The normalized spacial score (nSPS) is 11.3. The topological polar surface area (TPSA) is 80.3 Å². The number of hydrogen-bond acceptors (Lipinski definition) is 5. The molecular formula is C21H21N3O3. The number of pyridine rings is 1. The van der Waals surface area contributed by atoms with Gasteiger partial charge in [0.05, 0.1) is 26.1 Å². The Morgan fingerprint density at radius 3 is 2.44 bits per heavy atom. The Kier molecular flexibility index (Phi) is 3.91. The van der Waals surface area contributed by atoms with E-state index in [2.05, 4.69) is 10.2 Å². The minimum atomic E-state index is 0.276. The van der Waals surface area contributed by atoms with Gasteiger partial charge in [-0.3, -0.25) is 5.10 Å². The molecule has 2 N–H and O–H groups in total. The van der Waals surface area contributed by atoms with E-state index in [0.717, 1.165) is 44.1 Å². The van der Waals surface area contributed by atoms with Crippen molar-refractivity contribution in [3.05, 3.63) is 41.1 Å². The van der Waals surface area contributed by atoms with Crippen molar-refractivity contribution in [3.8, 4) is 28.5 Å². The van der Waals surface area contributed by atoms with Gasteiger partial charge in [-0.1, -0.05) is 0 Å². The summed E-state index contributed by atoms with van der Waals surface area (Å²) in [7, 11) is 3.27. The molecule has 0 saturated heterocycles. The summed E-state index contributed by atoms with van der Waals surface area (Å²) < 4.78 is 11.2. The number of methoxy groups -OCH3 is 2. The molecule has 138 valence electrons. The van der Waals surface area contributed by atoms with Crippen molar-refractivity contribution in [1.29, 1.82) is 0 Å². The van der Waals surface area contributed by atoms with Gasteiger partial charge < -0.3 is 14.6 Å². The quantitative estimate of drug-likeness (QED) is 0.563. The van der Waals surface area contributed by atoms with Gasteiger partial charge in [0.2, 0.25) is 0 Å². The van der Waals surface area contributed by atoms with Crippen LogP contribution in [-0.2, 0) is 0 Å². The van der Waals surface area contributed by atoms with E-state index in [4.69, 9.17) is 14.5 Å². The van der Waals surface area contributed by atoms with Crippen LogP contribution in [0.3, 0.4) is 0 Å². The monoisotopic (exact) mass is 363 g/mol. The second-order valence-electron chi connectivity index (χ2n) is 6.71. The fourth-order valence-electron chi connectivity index (χ4n) is 3.69. The fraction of sp³-hybridized carbons (Fsp3) is 0.238. The number of nitrogens with one attached hydrogen (secondary N) is 1. The molecule has 0 radical (unpaired) electrons. The summed E-state index contributed by atoms with van der Waals surface area (Å²) in [6, 6.07) is 5.68. The predicted molar refractivity (Wildman–Crippen MR) is 106 cm³/mol. The number of H-pyrrole nitrogens is 1. The molecule has 4 aromatic rings. The maximum Gasteiger partial charge on any atom is 0.164 e. The minimum absolute atomic E-state index is 0.276. The van der Waals surface area contributed by atoms with Crippen molar-refractivity contribution in [1.82, 2.24) is 15.2 Å². The first kappa shape index (κ1) is 17.1. The summed E-state index contributed by atoms with van der Waals surface area (Å²) in [5, 5.41) is 20.1. The van der Waals surface area contributed by atoms with Crippen LogP contribution >= 0.6 is 0 Å². The Bertz CT molecular complexity index is 1190. The second-order valence-corrected chi connectivity index (χ2v) is 6.71. The molecule has 2 aromatic carbocycles. The Morgan fingerprint density at radius 2 is 1.74 bits per heavy atom. The Balaban J connectivity index is 2.21. The number of aromatic hydroxyl groups is 1. The van der Waals surface area contributed by atoms with E-state index in [-0.39, 0.29) is 5.75 Å². The highest BCUT2D eigenvalue weighted by Crippen LogP contribution is 2.43. The van der Waals surface area contributed by atoms with Crippen LogP contribution in [0.2, 0.25) is 0 Å². The van der Waals surface area contributed by atoms with Crippen molar-refractivity contribution in [2.75, 3.05) is 14.2 Å². The van der Waals surface area contributed by atoms with Crippen molar-refractivity contribution < 1.29 is 14.6 Å². The number of rotatable bonds is 3. The van der Waals surface area contributed by atoms with E-state index in [9.17, 15) is 5.11 Å². The number of aryl methyl sites for hydroxylation is 3. The molecule has 0 aliphatic rings. The van der Waals surface area contributed by atoms with Gasteiger partial charge in [0.15, 0.2) is 17.1 Å². The minimum Gasteiger partial charge on any atom is -0.508 e. The average Bonchev–Trinajstić information content (AvgIpc) is 3.11. The number of phenolic OH excluding ortho intramolecular Hbond substituents is 1. The smallest absolute Gasteiger partial charge is 0.164 e. The highest BCUT2D eigenvalue weighted by atomic mass is 16.5. The van der Waals surface area contributed by atoms with Crippen LogP contribution in [0.25, 0.3) is 33.1 Å². The molecule has 0 bridgehead atoms. The molecule has 0 amide bonds. The lowest BCUT2D eigenvalue weighted by atomic mass is 9.94. The van der Waals surface area contributed by atoms with Crippen molar-refractivity contribution in [2.24, 2.45) is 0 Å². The van der Waals surface area contributed by atoms with E-state index < -0.39 is 0 Å². The summed E-state index contributed by atoms with van der Waals surface area (Å²) in [6.45, 7) is 5.85. The predicted octanol–water partition coefficient (Wildman–Crippen LogP) is 4.43. The number of benzene rings is 2. The largest absolute Gasteiger partial charge is 0.508 e. The molecule has 2 heterocycles. The lowest BCUT2D eigenvalue weighted by Crippen LogP contribution is -1.98. The average molecular weight is 363 g/mol. The molecule has 4 rings (SSSR count). The molecule has 27 heavy (non-hydrogen) atoms. The Labute approximate surface area is 156 Å². The molecule has 0 atom stereocenters. The first-order chi connectivity index (χ1) is 13.0. The van der Waals surface area contributed by atoms with Crippen LogP contribution in [0.4, 0.5) is 0 Å². The Morgan fingerprint density at radius 1 is 0.963 bits per heavy atom. The number of fused-ring (bicyclic) bond motifs is 3. The van der Waals surface area contributed by atoms with Crippen LogP contribution < -0.4 is 9.47 Å². The van der Waals surface area contributed by atoms with Gasteiger partial charge in [-0.05, 0) is 50.1 Å². The molecule has 0 fully saturated rings. The lowest BCUT2D eigenvalue weighted by Gasteiger charge is -2.17. The molecule has 6 nitrogen and oxygen atoms in total. The second kappa shape index (κ2) is 6.16. The highest BCUT2D eigenvalue weighted by molar-refractivity contribution is 6.13. The van der Waals surface area contributed by atoms with Gasteiger partial charge in [-0.15, -0.1) is 0 Å². The number of ether oxygens (including phenoxy) is 2. The van der Waals surface area contributed by atoms with Crippen LogP contribution in [0.1, 0.15) is 16.7 Å². The third-order valence-electron chi connectivity index (χ3n) is 5.07. The molecule has 0 unspecified atom stereocenters.